The molecule has 102 valence electrons. The van der Waals surface area contributed by atoms with E-state index in [4.69, 9.17) is 9.47 Å². The maximum Gasteiger partial charge on any atom is 0.128 e. The molecule has 3 rings (SSSR count). The molecule has 2 heterocycles. The smallest absolute Gasteiger partial charge is 0.128 e. The topological polar surface area (TPSA) is 23.4 Å². The van der Waals surface area contributed by atoms with Crippen LogP contribution in [0.4, 0.5) is 0 Å². The quantitative estimate of drug-likeness (QED) is 0.837. The average Bonchev–Trinajstić information content (AvgIpc) is 2.99. The summed E-state index contributed by atoms with van der Waals surface area (Å²) in [6.07, 6.45) is 5.23. The van der Waals surface area contributed by atoms with E-state index in [0.717, 1.165) is 18.7 Å². The van der Waals surface area contributed by atoms with Crippen LogP contribution in [-0.2, 0) is 11.3 Å². The van der Waals surface area contributed by atoms with E-state index in [2.05, 4.69) is 35.9 Å². The van der Waals surface area contributed by atoms with Gasteiger partial charge in [0.05, 0.1) is 24.3 Å². The van der Waals surface area contributed by atoms with E-state index in [0.29, 0.717) is 18.8 Å². The van der Waals surface area contributed by atoms with E-state index in [1.54, 1.807) is 0 Å². The Kier molecular flexibility index (Phi) is 3.47. The second kappa shape index (κ2) is 5.25. The van der Waals surface area contributed by atoms with Gasteiger partial charge in [0.2, 0.25) is 0 Å². The molecule has 1 aromatic carbocycles. The van der Waals surface area contributed by atoms with E-state index in [9.17, 15) is 0 Å². The molecular formula is C16H21NO2. The van der Waals surface area contributed by atoms with Crippen LogP contribution in [0.1, 0.15) is 26.7 Å². The Morgan fingerprint density at radius 1 is 1.32 bits per heavy atom. The first-order valence-electron chi connectivity index (χ1n) is 7.14. The predicted molar refractivity (Wildman–Crippen MR) is 76.7 cm³/mol. The summed E-state index contributed by atoms with van der Waals surface area (Å²) in [5.74, 6) is 0.972. The molecule has 3 heteroatoms. The Hall–Kier alpha value is -1.48. The highest BCUT2D eigenvalue weighted by Gasteiger charge is 2.22. The van der Waals surface area contributed by atoms with Crippen molar-refractivity contribution < 1.29 is 9.47 Å². The average molecular weight is 259 g/mol. The van der Waals surface area contributed by atoms with Crippen molar-refractivity contribution in [2.24, 2.45) is 0 Å². The van der Waals surface area contributed by atoms with Gasteiger partial charge in [-0.15, -0.1) is 0 Å². The van der Waals surface area contributed by atoms with Crippen molar-refractivity contribution in [2.45, 2.75) is 45.4 Å². The van der Waals surface area contributed by atoms with Gasteiger partial charge < -0.3 is 14.0 Å². The van der Waals surface area contributed by atoms with Gasteiger partial charge in [-0.1, -0.05) is 6.07 Å². The molecule has 1 aliphatic rings. The SMILES string of the molecule is CCOc1cccc2c1ccn2CC1CCC(C)O1. The highest BCUT2D eigenvalue weighted by atomic mass is 16.5. The lowest BCUT2D eigenvalue weighted by atomic mass is 10.2. The Morgan fingerprint density at radius 3 is 2.95 bits per heavy atom. The molecule has 1 aromatic heterocycles. The zero-order chi connectivity index (χ0) is 13.2. The Bertz CT molecular complexity index is 561. The van der Waals surface area contributed by atoms with Crippen LogP contribution in [0, 0.1) is 0 Å². The van der Waals surface area contributed by atoms with Gasteiger partial charge in [0.1, 0.15) is 5.75 Å². The van der Waals surface area contributed by atoms with Crippen molar-refractivity contribution in [1.82, 2.24) is 4.57 Å². The number of ether oxygens (including phenoxy) is 2. The van der Waals surface area contributed by atoms with Crippen molar-refractivity contribution in [3.8, 4) is 5.75 Å². The molecule has 0 bridgehead atoms. The molecule has 0 amide bonds. The maximum absolute atomic E-state index is 5.91. The van der Waals surface area contributed by atoms with Crippen molar-refractivity contribution in [1.29, 1.82) is 0 Å². The van der Waals surface area contributed by atoms with Gasteiger partial charge in [0, 0.05) is 18.1 Å². The number of benzene rings is 1. The normalized spacial score (nSPS) is 23.1. The zero-order valence-corrected chi connectivity index (χ0v) is 11.6. The number of aromatic nitrogens is 1. The molecule has 1 aliphatic heterocycles. The number of hydrogen-bond donors (Lipinski definition) is 0. The summed E-state index contributed by atoms with van der Waals surface area (Å²) in [6, 6.07) is 8.38. The third kappa shape index (κ3) is 2.47. The second-order valence-corrected chi connectivity index (χ2v) is 5.24. The first-order valence-corrected chi connectivity index (χ1v) is 7.14. The summed E-state index contributed by atoms with van der Waals surface area (Å²) in [4.78, 5) is 0. The fourth-order valence-corrected chi connectivity index (χ4v) is 2.87. The van der Waals surface area contributed by atoms with E-state index in [-0.39, 0.29) is 0 Å². The van der Waals surface area contributed by atoms with Gasteiger partial charge in [-0.25, -0.2) is 0 Å². The van der Waals surface area contributed by atoms with E-state index < -0.39 is 0 Å². The Morgan fingerprint density at radius 2 is 2.21 bits per heavy atom. The molecule has 2 atom stereocenters. The van der Waals surface area contributed by atoms with E-state index in [1.807, 2.05) is 13.0 Å². The van der Waals surface area contributed by atoms with Gasteiger partial charge in [0.15, 0.2) is 0 Å². The molecular weight excluding hydrogens is 238 g/mol. The maximum atomic E-state index is 5.91. The number of hydrogen-bond acceptors (Lipinski definition) is 2. The van der Waals surface area contributed by atoms with Gasteiger partial charge in [-0.3, -0.25) is 0 Å². The zero-order valence-electron chi connectivity index (χ0n) is 11.6. The minimum Gasteiger partial charge on any atom is -0.493 e. The fourth-order valence-electron chi connectivity index (χ4n) is 2.87. The Labute approximate surface area is 114 Å². The summed E-state index contributed by atoms with van der Waals surface area (Å²) in [7, 11) is 0. The molecule has 0 aliphatic carbocycles. The summed E-state index contributed by atoms with van der Waals surface area (Å²) >= 11 is 0. The van der Waals surface area contributed by atoms with Crippen molar-refractivity contribution in [3.63, 3.8) is 0 Å². The van der Waals surface area contributed by atoms with Crippen molar-refractivity contribution in [2.75, 3.05) is 6.61 Å². The minimum atomic E-state index is 0.348. The van der Waals surface area contributed by atoms with Gasteiger partial charge in [-0.2, -0.15) is 0 Å². The lowest BCUT2D eigenvalue weighted by molar-refractivity contribution is 0.0465. The Balaban J connectivity index is 1.86. The summed E-state index contributed by atoms with van der Waals surface area (Å²) in [6.45, 7) is 5.81. The van der Waals surface area contributed by atoms with Crippen LogP contribution in [0.25, 0.3) is 10.9 Å². The van der Waals surface area contributed by atoms with Crippen LogP contribution < -0.4 is 4.74 Å². The third-order valence-electron chi connectivity index (χ3n) is 3.79. The number of nitrogens with zero attached hydrogens (tertiary/aromatic N) is 1. The standard InChI is InChI=1S/C16H21NO2/c1-3-18-16-6-4-5-15-14(16)9-10-17(15)11-13-8-7-12(2)19-13/h4-6,9-10,12-13H,3,7-8,11H2,1-2H3. The predicted octanol–water partition coefficient (Wildman–Crippen LogP) is 3.61. The van der Waals surface area contributed by atoms with Crippen LogP contribution >= 0.6 is 0 Å². The molecule has 1 saturated heterocycles. The lowest BCUT2D eigenvalue weighted by Gasteiger charge is -2.13. The van der Waals surface area contributed by atoms with Crippen LogP contribution in [0.2, 0.25) is 0 Å². The lowest BCUT2D eigenvalue weighted by Crippen LogP contribution is -2.15. The molecule has 0 saturated carbocycles. The van der Waals surface area contributed by atoms with Crippen LogP contribution in [0.3, 0.4) is 0 Å². The molecule has 2 aromatic rings. The highest BCUT2D eigenvalue weighted by Crippen LogP contribution is 2.28. The van der Waals surface area contributed by atoms with Crippen LogP contribution in [0.15, 0.2) is 30.5 Å². The van der Waals surface area contributed by atoms with Gasteiger partial charge in [0.25, 0.3) is 0 Å². The fraction of sp³-hybridized carbons (Fsp3) is 0.500. The molecule has 0 N–H and O–H groups in total. The van der Waals surface area contributed by atoms with Crippen LogP contribution in [-0.4, -0.2) is 23.4 Å². The first kappa shape index (κ1) is 12.5. The first-order chi connectivity index (χ1) is 9.28. The van der Waals surface area contributed by atoms with Crippen molar-refractivity contribution in [3.05, 3.63) is 30.5 Å². The molecule has 0 spiro atoms. The molecule has 1 fully saturated rings. The van der Waals surface area contributed by atoms with Crippen molar-refractivity contribution >= 4 is 10.9 Å². The second-order valence-electron chi connectivity index (χ2n) is 5.24. The monoisotopic (exact) mass is 259 g/mol. The molecule has 0 radical (unpaired) electrons. The van der Waals surface area contributed by atoms with Gasteiger partial charge in [-0.05, 0) is 44.9 Å². The third-order valence-corrected chi connectivity index (χ3v) is 3.79. The number of fused-ring (bicyclic) bond motifs is 1. The molecule has 3 nitrogen and oxygen atoms in total. The largest absolute Gasteiger partial charge is 0.493 e. The molecule has 2 unspecified atom stereocenters. The summed E-state index contributed by atoms with van der Waals surface area (Å²) in [5, 5.41) is 1.19. The molecule has 19 heavy (non-hydrogen) atoms. The summed E-state index contributed by atoms with van der Waals surface area (Å²) < 4.78 is 13.9. The number of rotatable bonds is 4. The summed E-state index contributed by atoms with van der Waals surface area (Å²) in [5.41, 5.74) is 1.23. The van der Waals surface area contributed by atoms with E-state index >= 15 is 0 Å². The highest BCUT2D eigenvalue weighted by molar-refractivity contribution is 5.86. The minimum absolute atomic E-state index is 0.348. The van der Waals surface area contributed by atoms with E-state index in [1.165, 1.54) is 17.3 Å². The van der Waals surface area contributed by atoms with Crippen LogP contribution in [0.5, 0.6) is 5.75 Å². The van der Waals surface area contributed by atoms with Gasteiger partial charge >= 0.3 is 0 Å².